The quantitative estimate of drug-likeness (QED) is 0.812. The van der Waals surface area contributed by atoms with Crippen molar-refractivity contribution in [3.8, 4) is 0 Å². The highest BCUT2D eigenvalue weighted by Crippen LogP contribution is 2.28. The van der Waals surface area contributed by atoms with Crippen molar-refractivity contribution >= 4 is 5.91 Å². The second kappa shape index (κ2) is 8.77. The number of likely N-dealkylation sites (tertiary alicyclic amines) is 1. The average molecular weight is 294 g/mol. The maximum absolute atomic E-state index is 12.4. The Morgan fingerprint density at radius 1 is 1.19 bits per heavy atom. The molecule has 1 saturated carbocycles. The average Bonchev–Trinajstić information content (AvgIpc) is 2.69. The van der Waals surface area contributed by atoms with Crippen molar-refractivity contribution in [3.63, 3.8) is 0 Å². The third-order valence-corrected chi connectivity index (χ3v) is 5.63. The van der Waals surface area contributed by atoms with Crippen LogP contribution in [0.25, 0.3) is 0 Å². The van der Waals surface area contributed by atoms with E-state index in [0.717, 1.165) is 37.8 Å². The van der Waals surface area contributed by atoms with E-state index in [4.69, 9.17) is 0 Å². The molecule has 1 heterocycles. The molecule has 0 aromatic rings. The fourth-order valence-corrected chi connectivity index (χ4v) is 4.23. The summed E-state index contributed by atoms with van der Waals surface area (Å²) in [6.07, 6.45) is 12.4. The molecule has 1 N–H and O–H groups in total. The summed E-state index contributed by atoms with van der Waals surface area (Å²) in [4.78, 5) is 14.6. The molecular formula is C18H34N2O. The number of hydrogen-bond donors (Lipinski definition) is 1. The molecule has 1 saturated heterocycles. The molecule has 0 bridgehead atoms. The first-order chi connectivity index (χ1) is 10.2. The van der Waals surface area contributed by atoms with Crippen molar-refractivity contribution in [3.05, 3.63) is 0 Å². The van der Waals surface area contributed by atoms with Crippen LogP contribution < -0.4 is 5.32 Å². The third kappa shape index (κ3) is 4.98. The summed E-state index contributed by atoms with van der Waals surface area (Å²) in [5, 5.41) is 3.50. The Morgan fingerprint density at radius 3 is 2.62 bits per heavy atom. The zero-order valence-corrected chi connectivity index (χ0v) is 14.1. The SMILES string of the molecule is CCCC1CCC(=O)N(CC(NC)C2CCCCC2)CC1. The van der Waals surface area contributed by atoms with Crippen LogP contribution >= 0.6 is 0 Å². The Kier molecular flexibility index (Phi) is 7.01. The maximum atomic E-state index is 12.4. The summed E-state index contributed by atoms with van der Waals surface area (Å²) in [6, 6.07) is 0.497. The molecule has 122 valence electrons. The molecule has 21 heavy (non-hydrogen) atoms. The van der Waals surface area contributed by atoms with Gasteiger partial charge in [0.2, 0.25) is 5.91 Å². The summed E-state index contributed by atoms with van der Waals surface area (Å²) in [5.41, 5.74) is 0. The summed E-state index contributed by atoms with van der Waals surface area (Å²) in [7, 11) is 2.07. The Morgan fingerprint density at radius 2 is 1.95 bits per heavy atom. The first kappa shape index (κ1) is 16.8. The summed E-state index contributed by atoms with van der Waals surface area (Å²) < 4.78 is 0. The van der Waals surface area contributed by atoms with Crippen LogP contribution in [-0.2, 0) is 4.79 Å². The molecule has 2 unspecified atom stereocenters. The van der Waals surface area contributed by atoms with Crippen molar-refractivity contribution < 1.29 is 4.79 Å². The zero-order valence-electron chi connectivity index (χ0n) is 14.1. The molecule has 3 heteroatoms. The molecular weight excluding hydrogens is 260 g/mol. The van der Waals surface area contributed by atoms with Crippen molar-refractivity contribution in [1.29, 1.82) is 0 Å². The monoisotopic (exact) mass is 294 g/mol. The molecule has 0 aromatic carbocycles. The van der Waals surface area contributed by atoms with Crippen molar-refractivity contribution in [2.24, 2.45) is 11.8 Å². The normalized spacial score (nSPS) is 26.7. The van der Waals surface area contributed by atoms with E-state index in [9.17, 15) is 4.79 Å². The van der Waals surface area contributed by atoms with Gasteiger partial charge in [-0.1, -0.05) is 39.0 Å². The van der Waals surface area contributed by atoms with Crippen LogP contribution in [0.3, 0.4) is 0 Å². The van der Waals surface area contributed by atoms with Gasteiger partial charge in [0.05, 0.1) is 0 Å². The number of carbonyl (C=O) groups is 1. The lowest BCUT2D eigenvalue weighted by Gasteiger charge is -2.34. The van der Waals surface area contributed by atoms with Crippen molar-refractivity contribution in [2.75, 3.05) is 20.1 Å². The molecule has 3 nitrogen and oxygen atoms in total. The van der Waals surface area contributed by atoms with Crippen molar-refractivity contribution in [1.82, 2.24) is 10.2 Å². The standard InChI is InChI=1S/C18H34N2O/c1-3-7-15-10-11-18(21)20(13-12-15)14-17(19-2)16-8-5-4-6-9-16/h15-17,19H,3-14H2,1-2H3. The highest BCUT2D eigenvalue weighted by Gasteiger charge is 2.28. The van der Waals surface area contributed by atoms with Gasteiger partial charge in [0.25, 0.3) is 0 Å². The van der Waals surface area contributed by atoms with Crippen LogP contribution in [0.4, 0.5) is 0 Å². The predicted octanol–water partition coefficient (Wildman–Crippen LogP) is 3.58. The number of likely N-dealkylation sites (N-methyl/N-ethyl adjacent to an activating group) is 1. The summed E-state index contributed by atoms with van der Waals surface area (Å²) >= 11 is 0. The predicted molar refractivity (Wildman–Crippen MR) is 88.3 cm³/mol. The van der Waals surface area contributed by atoms with Crippen molar-refractivity contribution in [2.45, 2.75) is 77.2 Å². The summed E-state index contributed by atoms with van der Waals surface area (Å²) in [5.74, 6) is 1.93. The second-order valence-electron chi connectivity index (χ2n) is 7.12. The van der Waals surface area contributed by atoms with Gasteiger partial charge < -0.3 is 10.2 Å². The van der Waals surface area contributed by atoms with Gasteiger partial charge in [0.15, 0.2) is 0 Å². The van der Waals surface area contributed by atoms with Gasteiger partial charge in [0, 0.05) is 25.6 Å². The van der Waals surface area contributed by atoms with Crippen LogP contribution in [0.5, 0.6) is 0 Å². The molecule has 2 rings (SSSR count). The van der Waals surface area contributed by atoms with Crippen LogP contribution in [0.2, 0.25) is 0 Å². The molecule has 1 aliphatic heterocycles. The molecule has 2 fully saturated rings. The molecule has 0 spiro atoms. The third-order valence-electron chi connectivity index (χ3n) is 5.63. The highest BCUT2D eigenvalue weighted by atomic mass is 16.2. The van der Waals surface area contributed by atoms with Gasteiger partial charge in [-0.25, -0.2) is 0 Å². The number of hydrogen-bond acceptors (Lipinski definition) is 2. The van der Waals surface area contributed by atoms with Crippen LogP contribution in [0, 0.1) is 11.8 Å². The first-order valence-corrected chi connectivity index (χ1v) is 9.19. The van der Waals surface area contributed by atoms with Gasteiger partial charge in [-0.3, -0.25) is 4.79 Å². The van der Waals surface area contributed by atoms with Gasteiger partial charge in [-0.2, -0.15) is 0 Å². The van der Waals surface area contributed by atoms with E-state index < -0.39 is 0 Å². The minimum atomic E-state index is 0.393. The van der Waals surface area contributed by atoms with E-state index in [1.807, 2.05) is 0 Å². The van der Waals surface area contributed by atoms with Gasteiger partial charge in [-0.05, 0) is 44.6 Å². The van der Waals surface area contributed by atoms with E-state index in [0.29, 0.717) is 11.9 Å². The molecule has 2 aliphatic rings. The van der Waals surface area contributed by atoms with E-state index in [2.05, 4.69) is 24.2 Å². The highest BCUT2D eigenvalue weighted by molar-refractivity contribution is 5.76. The van der Waals surface area contributed by atoms with E-state index in [1.165, 1.54) is 51.4 Å². The molecule has 2 atom stereocenters. The van der Waals surface area contributed by atoms with E-state index in [1.54, 1.807) is 0 Å². The second-order valence-corrected chi connectivity index (χ2v) is 7.12. The fraction of sp³-hybridized carbons (Fsp3) is 0.944. The Labute approximate surface area is 130 Å². The lowest BCUT2D eigenvalue weighted by molar-refractivity contribution is -0.131. The number of nitrogens with one attached hydrogen (secondary N) is 1. The minimum absolute atomic E-state index is 0.393. The molecule has 0 radical (unpaired) electrons. The lowest BCUT2D eigenvalue weighted by Crippen LogP contribution is -2.46. The first-order valence-electron chi connectivity index (χ1n) is 9.19. The maximum Gasteiger partial charge on any atom is 0.222 e. The van der Waals surface area contributed by atoms with Crippen LogP contribution in [-0.4, -0.2) is 37.0 Å². The Hall–Kier alpha value is -0.570. The number of rotatable bonds is 6. The summed E-state index contributed by atoms with van der Waals surface area (Å²) in [6.45, 7) is 4.16. The fourth-order valence-electron chi connectivity index (χ4n) is 4.23. The van der Waals surface area contributed by atoms with Gasteiger partial charge >= 0.3 is 0 Å². The van der Waals surface area contributed by atoms with E-state index in [-0.39, 0.29) is 0 Å². The largest absolute Gasteiger partial charge is 0.341 e. The Balaban J connectivity index is 1.88. The molecule has 0 aromatic heterocycles. The minimum Gasteiger partial charge on any atom is -0.341 e. The lowest BCUT2D eigenvalue weighted by atomic mass is 9.83. The number of amides is 1. The molecule has 1 amide bonds. The van der Waals surface area contributed by atoms with E-state index >= 15 is 0 Å². The number of nitrogens with zero attached hydrogens (tertiary/aromatic N) is 1. The Bertz CT molecular complexity index is 312. The molecule has 1 aliphatic carbocycles. The van der Waals surface area contributed by atoms with Gasteiger partial charge in [-0.15, -0.1) is 0 Å². The zero-order chi connectivity index (χ0) is 15.1. The van der Waals surface area contributed by atoms with Gasteiger partial charge in [0.1, 0.15) is 0 Å². The van der Waals surface area contributed by atoms with Crippen LogP contribution in [0.1, 0.15) is 71.1 Å². The topological polar surface area (TPSA) is 32.3 Å². The number of carbonyl (C=O) groups excluding carboxylic acids is 1. The smallest absolute Gasteiger partial charge is 0.222 e. The van der Waals surface area contributed by atoms with Crippen LogP contribution in [0.15, 0.2) is 0 Å².